The number of nitrogens with zero attached hydrogens (tertiary/aromatic N) is 2. The molecule has 23 heavy (non-hydrogen) atoms. The molecule has 1 amide bonds. The van der Waals surface area contributed by atoms with Crippen molar-refractivity contribution in [3.8, 4) is 0 Å². The van der Waals surface area contributed by atoms with Gasteiger partial charge in [-0.15, -0.1) is 21.5 Å². The topological polar surface area (TPSA) is 66.9 Å². The van der Waals surface area contributed by atoms with E-state index in [1.54, 1.807) is 18.2 Å². The van der Waals surface area contributed by atoms with Crippen LogP contribution in [0.2, 0.25) is 0 Å². The Hall–Kier alpha value is -2.25. The van der Waals surface area contributed by atoms with Crippen LogP contribution in [0.5, 0.6) is 0 Å². The number of carbonyl (C=O) groups excluding carboxylic acids is 1. The highest BCUT2D eigenvalue weighted by molar-refractivity contribution is 9.10. The molecule has 1 aromatic carbocycles. The zero-order valence-electron chi connectivity index (χ0n) is 12.2. The van der Waals surface area contributed by atoms with Crippen molar-refractivity contribution in [3.05, 3.63) is 62.8 Å². The Kier molecular flexibility index (Phi) is 4.68. The number of amides is 1. The molecule has 0 aliphatic carbocycles. The maximum Gasteiger partial charge on any atom is 0.266 e. The Labute approximate surface area is 145 Å². The Balaban J connectivity index is 1.68. The Morgan fingerprint density at radius 1 is 1.13 bits per heavy atom. The zero-order chi connectivity index (χ0) is 16.2. The molecular formula is C16H13BrN4OS. The molecule has 2 N–H and O–H groups in total. The van der Waals surface area contributed by atoms with Crippen LogP contribution in [0, 0.1) is 6.92 Å². The molecule has 5 nitrogen and oxygen atoms in total. The molecule has 116 valence electrons. The summed E-state index contributed by atoms with van der Waals surface area (Å²) in [4.78, 5) is 12.6. The number of hydrogen-bond acceptors (Lipinski definition) is 5. The molecule has 0 atom stereocenters. The SMILES string of the molecule is Cc1cc(Br)ccc1Nc1ccc(NC(=O)c2cccs2)nn1. The van der Waals surface area contributed by atoms with Crippen molar-refractivity contribution in [1.82, 2.24) is 10.2 Å². The lowest BCUT2D eigenvalue weighted by molar-refractivity contribution is 0.103. The van der Waals surface area contributed by atoms with Crippen molar-refractivity contribution in [1.29, 1.82) is 0 Å². The number of anilines is 3. The summed E-state index contributed by atoms with van der Waals surface area (Å²) in [5.74, 6) is 0.852. The molecule has 0 aliphatic heterocycles. The molecule has 0 radical (unpaired) electrons. The lowest BCUT2D eigenvalue weighted by Gasteiger charge is -2.09. The molecule has 0 saturated carbocycles. The van der Waals surface area contributed by atoms with E-state index in [4.69, 9.17) is 0 Å². The average molecular weight is 389 g/mol. The number of aromatic nitrogens is 2. The molecule has 2 aromatic heterocycles. The van der Waals surface area contributed by atoms with E-state index in [-0.39, 0.29) is 5.91 Å². The molecule has 2 heterocycles. The minimum atomic E-state index is -0.182. The van der Waals surface area contributed by atoms with Crippen molar-refractivity contribution in [2.45, 2.75) is 6.92 Å². The van der Waals surface area contributed by atoms with Crippen molar-refractivity contribution >= 4 is 50.5 Å². The van der Waals surface area contributed by atoms with Gasteiger partial charge in [0.25, 0.3) is 5.91 Å². The van der Waals surface area contributed by atoms with Crippen molar-refractivity contribution in [2.75, 3.05) is 10.6 Å². The van der Waals surface area contributed by atoms with E-state index in [2.05, 4.69) is 36.8 Å². The highest BCUT2D eigenvalue weighted by Gasteiger charge is 2.08. The first-order chi connectivity index (χ1) is 11.1. The van der Waals surface area contributed by atoms with Crippen LogP contribution in [0.15, 0.2) is 52.3 Å². The first kappa shape index (κ1) is 15.6. The van der Waals surface area contributed by atoms with E-state index in [1.165, 1.54) is 11.3 Å². The van der Waals surface area contributed by atoms with E-state index < -0.39 is 0 Å². The highest BCUT2D eigenvalue weighted by Crippen LogP contribution is 2.23. The first-order valence-electron chi connectivity index (χ1n) is 6.83. The fraction of sp³-hybridized carbons (Fsp3) is 0.0625. The van der Waals surface area contributed by atoms with Crippen LogP contribution >= 0.6 is 27.3 Å². The second-order valence-corrected chi connectivity index (χ2v) is 6.68. The number of benzene rings is 1. The Morgan fingerprint density at radius 2 is 1.91 bits per heavy atom. The smallest absolute Gasteiger partial charge is 0.266 e. The molecular weight excluding hydrogens is 376 g/mol. The molecule has 0 bridgehead atoms. The summed E-state index contributed by atoms with van der Waals surface area (Å²) in [7, 11) is 0. The van der Waals surface area contributed by atoms with Crippen LogP contribution in [0.3, 0.4) is 0 Å². The number of carbonyl (C=O) groups is 1. The van der Waals surface area contributed by atoms with Gasteiger partial charge in [-0.3, -0.25) is 4.79 Å². The van der Waals surface area contributed by atoms with Gasteiger partial charge < -0.3 is 10.6 Å². The maximum absolute atomic E-state index is 11.9. The first-order valence-corrected chi connectivity index (χ1v) is 8.51. The van der Waals surface area contributed by atoms with Gasteiger partial charge in [0.1, 0.15) is 0 Å². The van der Waals surface area contributed by atoms with Crippen molar-refractivity contribution < 1.29 is 4.79 Å². The van der Waals surface area contributed by atoms with Gasteiger partial charge in [-0.2, -0.15) is 0 Å². The maximum atomic E-state index is 11.9. The van der Waals surface area contributed by atoms with E-state index in [9.17, 15) is 4.79 Å². The van der Waals surface area contributed by atoms with Crippen molar-refractivity contribution in [2.24, 2.45) is 0 Å². The van der Waals surface area contributed by atoms with Gasteiger partial charge in [-0.05, 0) is 54.3 Å². The predicted octanol–water partition coefficient (Wildman–Crippen LogP) is 4.60. The van der Waals surface area contributed by atoms with Gasteiger partial charge in [0.15, 0.2) is 11.6 Å². The largest absolute Gasteiger partial charge is 0.339 e. The summed E-state index contributed by atoms with van der Waals surface area (Å²) in [5.41, 5.74) is 2.05. The van der Waals surface area contributed by atoms with Crippen LogP contribution in [-0.4, -0.2) is 16.1 Å². The summed E-state index contributed by atoms with van der Waals surface area (Å²) in [6, 6.07) is 13.0. The second-order valence-electron chi connectivity index (χ2n) is 4.82. The van der Waals surface area contributed by atoms with Crippen LogP contribution < -0.4 is 10.6 Å². The number of halogens is 1. The normalized spacial score (nSPS) is 10.3. The molecule has 7 heteroatoms. The van der Waals surface area contributed by atoms with Gasteiger partial charge in [-0.25, -0.2) is 0 Å². The van der Waals surface area contributed by atoms with E-state index in [1.807, 2.05) is 36.6 Å². The molecule has 3 aromatic rings. The second kappa shape index (κ2) is 6.89. The van der Waals surface area contributed by atoms with Crippen LogP contribution in [0.4, 0.5) is 17.3 Å². The lowest BCUT2D eigenvalue weighted by atomic mass is 10.2. The van der Waals surface area contributed by atoms with Gasteiger partial charge in [0.05, 0.1) is 4.88 Å². The third-order valence-electron chi connectivity index (χ3n) is 3.10. The molecule has 0 saturated heterocycles. The van der Waals surface area contributed by atoms with Crippen LogP contribution in [-0.2, 0) is 0 Å². The average Bonchev–Trinajstić information content (AvgIpc) is 3.06. The minimum Gasteiger partial charge on any atom is -0.339 e. The third kappa shape index (κ3) is 3.94. The zero-order valence-corrected chi connectivity index (χ0v) is 14.6. The van der Waals surface area contributed by atoms with Crippen LogP contribution in [0.25, 0.3) is 0 Å². The fourth-order valence-corrected chi connectivity index (χ4v) is 3.05. The van der Waals surface area contributed by atoms with Gasteiger partial charge in [0, 0.05) is 10.2 Å². The lowest BCUT2D eigenvalue weighted by Crippen LogP contribution is -2.12. The third-order valence-corrected chi connectivity index (χ3v) is 4.46. The highest BCUT2D eigenvalue weighted by atomic mass is 79.9. The monoisotopic (exact) mass is 388 g/mol. The standard InChI is InChI=1S/C16H13BrN4OS/c1-10-9-11(17)4-5-12(10)18-14-6-7-15(21-20-14)19-16(22)13-3-2-8-23-13/h2-9H,1H3,(H,18,20)(H,19,21,22). The molecule has 3 rings (SSSR count). The van der Waals surface area contributed by atoms with Gasteiger partial charge in [0.2, 0.25) is 0 Å². The predicted molar refractivity (Wildman–Crippen MR) is 96.5 cm³/mol. The summed E-state index contributed by atoms with van der Waals surface area (Å²) >= 11 is 4.82. The summed E-state index contributed by atoms with van der Waals surface area (Å²) in [6.45, 7) is 2.01. The van der Waals surface area contributed by atoms with Gasteiger partial charge >= 0.3 is 0 Å². The summed E-state index contributed by atoms with van der Waals surface area (Å²) in [5, 5.41) is 15.9. The number of thiophene rings is 1. The quantitative estimate of drug-likeness (QED) is 0.684. The number of hydrogen-bond donors (Lipinski definition) is 2. The Morgan fingerprint density at radius 3 is 2.57 bits per heavy atom. The summed E-state index contributed by atoms with van der Waals surface area (Å²) < 4.78 is 1.03. The molecule has 0 aliphatic rings. The van der Waals surface area contributed by atoms with Gasteiger partial charge in [-0.1, -0.05) is 22.0 Å². The summed E-state index contributed by atoms with van der Waals surface area (Å²) in [6.07, 6.45) is 0. The number of nitrogens with one attached hydrogen (secondary N) is 2. The Bertz CT molecular complexity index is 819. The fourth-order valence-electron chi connectivity index (χ4n) is 1.96. The van der Waals surface area contributed by atoms with E-state index in [0.29, 0.717) is 16.5 Å². The number of rotatable bonds is 4. The van der Waals surface area contributed by atoms with E-state index >= 15 is 0 Å². The minimum absolute atomic E-state index is 0.182. The molecule has 0 spiro atoms. The van der Waals surface area contributed by atoms with E-state index in [0.717, 1.165) is 15.7 Å². The molecule has 0 unspecified atom stereocenters. The van der Waals surface area contributed by atoms with Crippen LogP contribution in [0.1, 0.15) is 15.2 Å². The molecule has 0 fully saturated rings. The van der Waals surface area contributed by atoms with Crippen molar-refractivity contribution in [3.63, 3.8) is 0 Å². The number of aryl methyl sites for hydroxylation is 1.